The van der Waals surface area contributed by atoms with E-state index in [2.05, 4.69) is 108 Å². The van der Waals surface area contributed by atoms with Crippen LogP contribution in [0.25, 0.3) is 55.7 Å². The van der Waals surface area contributed by atoms with Gasteiger partial charge in [-0.15, -0.1) is 17.7 Å². The molecule has 7 rings (SSSR count). The molecule has 0 fully saturated rings. The van der Waals surface area contributed by atoms with Crippen LogP contribution in [0.15, 0.2) is 83.7 Å². The Balaban J connectivity index is 0.000000217. The SMILES string of the molecule is CCn1c(-c2[c-]cc(C(C)C)c3c2oc2ncccc23)nc2ccnc(C(C)C)c21.[CH3][Ge]([CH3])([CH3])[c]1ccc(-c2[c-]cccc2)nc1.[Ir]. The van der Waals surface area contributed by atoms with E-state index in [-0.39, 0.29) is 20.1 Å². The van der Waals surface area contributed by atoms with Crippen molar-refractivity contribution in [1.82, 2.24) is 24.5 Å². The number of pyridine rings is 3. The number of hydrogen-bond acceptors (Lipinski definition) is 5. The summed E-state index contributed by atoms with van der Waals surface area (Å²) in [4.78, 5) is 18.6. The van der Waals surface area contributed by atoms with Crippen molar-refractivity contribution in [2.45, 2.75) is 70.3 Å². The zero-order valence-electron chi connectivity index (χ0n) is 28.3. The molecule has 5 heterocycles. The molecule has 0 spiro atoms. The van der Waals surface area contributed by atoms with Gasteiger partial charge in [-0.3, -0.25) is 9.97 Å². The summed E-state index contributed by atoms with van der Waals surface area (Å²) in [6.45, 7) is 11.7. The first kappa shape index (κ1) is 34.7. The van der Waals surface area contributed by atoms with Crippen molar-refractivity contribution in [3.63, 3.8) is 0 Å². The second kappa shape index (κ2) is 14.2. The van der Waals surface area contributed by atoms with Crippen molar-refractivity contribution in [2.24, 2.45) is 0 Å². The average Bonchev–Trinajstić information content (AvgIpc) is 3.63. The first-order valence-corrected chi connectivity index (χ1v) is 23.4. The van der Waals surface area contributed by atoms with E-state index in [1.807, 2.05) is 48.8 Å². The quantitative estimate of drug-likeness (QED) is 0.123. The van der Waals surface area contributed by atoms with Crippen LogP contribution >= 0.6 is 0 Å². The van der Waals surface area contributed by atoms with E-state index < -0.39 is 13.3 Å². The van der Waals surface area contributed by atoms with Gasteiger partial charge in [0.25, 0.3) is 0 Å². The normalized spacial score (nSPS) is 11.7. The molecular weight excluding hydrogens is 819 g/mol. The third-order valence-electron chi connectivity index (χ3n) is 8.36. The summed E-state index contributed by atoms with van der Waals surface area (Å²) < 4.78 is 9.97. The molecule has 0 aliphatic rings. The minimum atomic E-state index is -1.72. The fourth-order valence-electron chi connectivity index (χ4n) is 5.88. The molecule has 5 aromatic heterocycles. The van der Waals surface area contributed by atoms with Crippen LogP contribution in [0.5, 0.6) is 0 Å². The molecule has 0 aliphatic heterocycles. The van der Waals surface area contributed by atoms with E-state index in [1.54, 1.807) is 6.20 Å². The molecule has 0 amide bonds. The Hall–Kier alpha value is -3.65. The van der Waals surface area contributed by atoms with Crippen LogP contribution in [-0.2, 0) is 26.7 Å². The van der Waals surface area contributed by atoms with E-state index in [1.165, 1.54) is 9.96 Å². The van der Waals surface area contributed by atoms with Gasteiger partial charge in [-0.25, -0.2) is 4.98 Å². The Morgan fingerprint density at radius 1 is 0.872 bits per heavy atom. The monoisotopic (exact) mass is 862 g/mol. The molecular formula is C39H41GeIrN5O-2. The van der Waals surface area contributed by atoms with Gasteiger partial charge in [0.1, 0.15) is 0 Å². The summed E-state index contributed by atoms with van der Waals surface area (Å²) in [5, 5.41) is 2.15. The van der Waals surface area contributed by atoms with Gasteiger partial charge >= 0.3 is 99.8 Å². The molecule has 47 heavy (non-hydrogen) atoms. The van der Waals surface area contributed by atoms with E-state index in [0.717, 1.165) is 62.3 Å². The molecule has 1 radical (unpaired) electrons. The maximum Gasteiger partial charge on any atom is 0 e. The second-order valence-corrected chi connectivity index (χ2v) is 23.9. The maximum absolute atomic E-state index is 6.29. The Labute approximate surface area is 293 Å². The summed E-state index contributed by atoms with van der Waals surface area (Å²) in [5.74, 6) is 8.66. The third-order valence-corrected chi connectivity index (χ3v) is 12.6. The third kappa shape index (κ3) is 6.85. The average molecular weight is 861 g/mol. The van der Waals surface area contributed by atoms with Gasteiger partial charge in [-0.05, 0) is 31.0 Å². The fourth-order valence-corrected chi connectivity index (χ4v) is 8.05. The number of hydrogen-bond donors (Lipinski definition) is 0. The van der Waals surface area contributed by atoms with Gasteiger partial charge in [-0.2, -0.15) is 0 Å². The molecule has 2 aromatic carbocycles. The summed E-state index contributed by atoms with van der Waals surface area (Å²) in [6.07, 6.45) is 5.65. The molecule has 0 unspecified atom stereocenters. The van der Waals surface area contributed by atoms with Gasteiger partial charge in [0.2, 0.25) is 5.71 Å². The molecule has 0 aliphatic carbocycles. The Bertz CT molecular complexity index is 2130. The van der Waals surface area contributed by atoms with Gasteiger partial charge in [-0.1, -0.05) is 44.6 Å². The van der Waals surface area contributed by atoms with Crippen LogP contribution < -0.4 is 4.40 Å². The smallest absolute Gasteiger partial charge is 0 e. The van der Waals surface area contributed by atoms with Crippen LogP contribution in [0, 0.1) is 12.1 Å². The number of benzene rings is 2. The molecule has 0 saturated heterocycles. The number of furan rings is 1. The van der Waals surface area contributed by atoms with Crippen LogP contribution in [0.1, 0.15) is 57.7 Å². The molecule has 0 saturated carbocycles. The largest absolute Gasteiger partial charge is 0 e. The minimum absolute atomic E-state index is 0. The number of aryl methyl sites for hydroxylation is 1. The molecule has 0 atom stereocenters. The Kier molecular flexibility index (Phi) is 10.5. The topological polar surface area (TPSA) is 69.6 Å². The van der Waals surface area contributed by atoms with Gasteiger partial charge in [0, 0.05) is 44.4 Å². The number of rotatable bonds is 6. The predicted octanol–water partition coefficient (Wildman–Crippen LogP) is 9.55. The molecule has 7 aromatic rings. The van der Waals surface area contributed by atoms with Crippen molar-refractivity contribution in [3.05, 3.63) is 103 Å². The second-order valence-electron chi connectivity index (χ2n) is 13.3. The van der Waals surface area contributed by atoms with Crippen molar-refractivity contribution >= 4 is 50.8 Å². The van der Waals surface area contributed by atoms with Crippen LogP contribution in [0.4, 0.5) is 0 Å². The van der Waals surface area contributed by atoms with Crippen LogP contribution in [0.2, 0.25) is 17.3 Å². The van der Waals surface area contributed by atoms with E-state index >= 15 is 0 Å². The van der Waals surface area contributed by atoms with Crippen LogP contribution in [-0.4, -0.2) is 37.8 Å². The van der Waals surface area contributed by atoms with Crippen molar-refractivity contribution in [1.29, 1.82) is 0 Å². The van der Waals surface area contributed by atoms with Crippen molar-refractivity contribution in [3.8, 4) is 22.6 Å². The van der Waals surface area contributed by atoms with Gasteiger partial charge < -0.3 is 8.98 Å². The molecule has 6 nitrogen and oxygen atoms in total. The van der Waals surface area contributed by atoms with Gasteiger partial charge in [0.15, 0.2) is 0 Å². The van der Waals surface area contributed by atoms with E-state index in [9.17, 15) is 0 Å². The van der Waals surface area contributed by atoms with E-state index in [4.69, 9.17) is 9.40 Å². The fraction of sp³-hybridized carbons (Fsp3) is 0.282. The Morgan fingerprint density at radius 2 is 1.68 bits per heavy atom. The minimum Gasteiger partial charge on any atom is 0 e. The molecule has 0 N–H and O–H groups in total. The summed E-state index contributed by atoms with van der Waals surface area (Å²) in [7, 11) is 0. The number of nitrogens with zero attached hydrogens (tertiary/aromatic N) is 5. The first-order chi connectivity index (χ1) is 22.1. The molecule has 0 bridgehead atoms. The molecule has 243 valence electrons. The first-order valence-electron chi connectivity index (χ1n) is 16.1. The zero-order valence-corrected chi connectivity index (χ0v) is 32.8. The maximum atomic E-state index is 6.29. The van der Waals surface area contributed by atoms with Gasteiger partial charge in [0.05, 0.1) is 28.1 Å². The number of imidazole rings is 1. The van der Waals surface area contributed by atoms with Crippen LogP contribution in [0.3, 0.4) is 0 Å². The standard InChI is InChI=1S/C25H25N4O.C14H16GeN.Ir/c1-6-29-22-19(11-13-26-21(22)15(4)5)28-24(29)18-10-9-16(14(2)3)20-17-8-7-12-27-25(17)30-23(18)20;1-15(2,3)13-9-10-14(16-11-13)12-7-5-4-6-8-12;/h7-9,11-15H,6H2,1-5H3;4-7,9-11H,1-3H3;/q2*-1;. The van der Waals surface area contributed by atoms with Crippen molar-refractivity contribution < 1.29 is 24.5 Å². The number of aromatic nitrogens is 5. The Morgan fingerprint density at radius 3 is 2.32 bits per heavy atom. The summed E-state index contributed by atoms with van der Waals surface area (Å²) in [6, 6.07) is 27.1. The summed E-state index contributed by atoms with van der Waals surface area (Å²) in [5.41, 5.74) is 8.73. The summed E-state index contributed by atoms with van der Waals surface area (Å²) >= 11 is -1.72. The number of fused-ring (bicyclic) bond motifs is 4. The predicted molar refractivity (Wildman–Crippen MR) is 192 cm³/mol. The molecule has 8 heteroatoms. The zero-order chi connectivity index (χ0) is 32.6. The van der Waals surface area contributed by atoms with Crippen molar-refractivity contribution in [2.75, 3.05) is 0 Å². The van der Waals surface area contributed by atoms with E-state index in [0.29, 0.717) is 17.5 Å².